The van der Waals surface area contributed by atoms with Gasteiger partial charge in [-0.1, -0.05) is 6.07 Å². The molecule has 0 spiro atoms. The van der Waals surface area contributed by atoms with Gasteiger partial charge in [-0.3, -0.25) is 0 Å². The molecule has 21 heavy (non-hydrogen) atoms. The van der Waals surface area contributed by atoms with Crippen LogP contribution in [0.15, 0.2) is 30.3 Å². The van der Waals surface area contributed by atoms with Crippen molar-refractivity contribution in [2.45, 2.75) is 20.4 Å². The molecule has 2 aromatic rings. The molecule has 6 heteroatoms. The molecule has 2 rings (SSSR count). The first-order valence-electron chi connectivity index (χ1n) is 6.40. The number of aryl methyl sites for hydroxylation is 2. The molecule has 0 aliphatic carbocycles. The monoisotopic (exact) mass is 304 g/mol. The standard InChI is InChI=1S/C15H16N2O3S/c1-9-3-5-11(14(18)19)7-13(9)17-15(20)16-8-12-6-4-10(2)21-12/h3-7H,8H2,1-2H3,(H,18,19)(H2,16,17,20). The number of thiophene rings is 1. The average molecular weight is 304 g/mol. The minimum Gasteiger partial charge on any atom is -0.478 e. The summed E-state index contributed by atoms with van der Waals surface area (Å²) in [5.41, 5.74) is 1.45. The molecule has 0 atom stereocenters. The number of carbonyl (C=O) groups is 2. The van der Waals surface area contributed by atoms with E-state index in [1.54, 1.807) is 17.4 Å². The number of urea groups is 1. The lowest BCUT2D eigenvalue weighted by atomic mass is 10.1. The molecule has 1 aromatic carbocycles. The summed E-state index contributed by atoms with van der Waals surface area (Å²) in [6.45, 7) is 4.26. The predicted octanol–water partition coefficient (Wildman–Crippen LogP) is 3.38. The lowest BCUT2D eigenvalue weighted by Crippen LogP contribution is -2.28. The maximum atomic E-state index is 11.9. The van der Waals surface area contributed by atoms with Crippen molar-refractivity contribution in [2.24, 2.45) is 0 Å². The van der Waals surface area contributed by atoms with Crippen LogP contribution >= 0.6 is 11.3 Å². The number of anilines is 1. The van der Waals surface area contributed by atoms with Crippen molar-refractivity contribution in [3.63, 3.8) is 0 Å². The number of amides is 2. The van der Waals surface area contributed by atoms with E-state index >= 15 is 0 Å². The van der Waals surface area contributed by atoms with E-state index in [0.29, 0.717) is 12.2 Å². The number of aromatic carboxylic acids is 1. The molecule has 1 heterocycles. The maximum absolute atomic E-state index is 11.9. The summed E-state index contributed by atoms with van der Waals surface area (Å²) in [6, 6.07) is 8.24. The van der Waals surface area contributed by atoms with Crippen LogP contribution in [0.2, 0.25) is 0 Å². The Labute approximate surface area is 126 Å². The van der Waals surface area contributed by atoms with Crippen molar-refractivity contribution in [1.82, 2.24) is 5.32 Å². The SMILES string of the molecule is Cc1ccc(CNC(=O)Nc2cc(C(=O)O)ccc2C)s1. The fraction of sp³-hybridized carbons (Fsp3) is 0.200. The lowest BCUT2D eigenvalue weighted by Gasteiger charge is -2.10. The minimum absolute atomic E-state index is 0.143. The summed E-state index contributed by atoms with van der Waals surface area (Å²) in [7, 11) is 0. The van der Waals surface area contributed by atoms with Gasteiger partial charge in [0.1, 0.15) is 0 Å². The Bertz CT molecular complexity index is 679. The van der Waals surface area contributed by atoms with Crippen molar-refractivity contribution < 1.29 is 14.7 Å². The van der Waals surface area contributed by atoms with Gasteiger partial charge in [0.25, 0.3) is 0 Å². The van der Waals surface area contributed by atoms with Crippen molar-refractivity contribution in [3.8, 4) is 0 Å². The van der Waals surface area contributed by atoms with Crippen LogP contribution in [0.4, 0.5) is 10.5 Å². The van der Waals surface area contributed by atoms with Crippen LogP contribution in [0.25, 0.3) is 0 Å². The van der Waals surface area contributed by atoms with E-state index in [1.165, 1.54) is 17.0 Å². The van der Waals surface area contributed by atoms with Gasteiger partial charge in [0.15, 0.2) is 0 Å². The number of hydrogen-bond donors (Lipinski definition) is 3. The van der Waals surface area contributed by atoms with Crippen LogP contribution in [0.3, 0.4) is 0 Å². The molecule has 0 unspecified atom stereocenters. The number of carbonyl (C=O) groups excluding carboxylic acids is 1. The van der Waals surface area contributed by atoms with E-state index in [2.05, 4.69) is 10.6 Å². The summed E-state index contributed by atoms with van der Waals surface area (Å²) in [5.74, 6) is -1.02. The smallest absolute Gasteiger partial charge is 0.335 e. The van der Waals surface area contributed by atoms with Crippen LogP contribution in [0.5, 0.6) is 0 Å². The number of nitrogens with one attached hydrogen (secondary N) is 2. The van der Waals surface area contributed by atoms with Crippen molar-refractivity contribution in [2.75, 3.05) is 5.32 Å². The van der Waals surface area contributed by atoms with Gasteiger partial charge in [0.2, 0.25) is 0 Å². The second-order valence-corrected chi connectivity index (χ2v) is 6.03. The fourth-order valence-electron chi connectivity index (χ4n) is 1.80. The van der Waals surface area contributed by atoms with E-state index in [4.69, 9.17) is 5.11 Å². The highest BCUT2D eigenvalue weighted by molar-refractivity contribution is 7.11. The molecule has 0 aliphatic rings. The zero-order chi connectivity index (χ0) is 15.4. The highest BCUT2D eigenvalue weighted by Crippen LogP contribution is 2.17. The third kappa shape index (κ3) is 4.06. The summed E-state index contributed by atoms with van der Waals surface area (Å²) < 4.78 is 0. The van der Waals surface area contributed by atoms with Crippen LogP contribution in [0.1, 0.15) is 25.7 Å². The van der Waals surface area contributed by atoms with E-state index in [1.807, 2.05) is 26.0 Å². The molecular formula is C15H16N2O3S. The first-order valence-corrected chi connectivity index (χ1v) is 7.21. The predicted molar refractivity (Wildman–Crippen MR) is 83.1 cm³/mol. The second kappa shape index (κ2) is 6.41. The number of hydrogen-bond acceptors (Lipinski definition) is 3. The van der Waals surface area contributed by atoms with Crippen LogP contribution in [0, 0.1) is 13.8 Å². The Morgan fingerprint density at radius 3 is 2.57 bits per heavy atom. The van der Waals surface area contributed by atoms with Crippen molar-refractivity contribution >= 4 is 29.0 Å². The normalized spacial score (nSPS) is 10.2. The van der Waals surface area contributed by atoms with Gasteiger partial charge in [0, 0.05) is 15.4 Å². The van der Waals surface area contributed by atoms with E-state index in [0.717, 1.165) is 10.4 Å². The molecule has 0 saturated heterocycles. The largest absolute Gasteiger partial charge is 0.478 e. The molecule has 5 nitrogen and oxygen atoms in total. The minimum atomic E-state index is -1.02. The molecule has 3 N–H and O–H groups in total. The number of carboxylic acid groups (broad SMARTS) is 1. The molecule has 0 radical (unpaired) electrons. The summed E-state index contributed by atoms with van der Waals surface area (Å²) in [5, 5.41) is 14.4. The Kier molecular flexibility index (Phi) is 4.59. The molecule has 110 valence electrons. The van der Waals surface area contributed by atoms with Gasteiger partial charge in [-0.05, 0) is 43.7 Å². The number of benzene rings is 1. The van der Waals surface area contributed by atoms with Gasteiger partial charge < -0.3 is 15.7 Å². The Morgan fingerprint density at radius 2 is 1.95 bits per heavy atom. The summed E-state index contributed by atoms with van der Waals surface area (Å²) in [6.07, 6.45) is 0. The molecule has 0 saturated carbocycles. The van der Waals surface area contributed by atoms with Crippen LogP contribution in [-0.4, -0.2) is 17.1 Å². The third-order valence-corrected chi connectivity index (χ3v) is 3.95. The zero-order valence-corrected chi connectivity index (χ0v) is 12.6. The van der Waals surface area contributed by atoms with E-state index in [-0.39, 0.29) is 11.6 Å². The van der Waals surface area contributed by atoms with Gasteiger partial charge in [-0.15, -0.1) is 11.3 Å². The maximum Gasteiger partial charge on any atom is 0.335 e. The highest BCUT2D eigenvalue weighted by Gasteiger charge is 2.09. The Morgan fingerprint density at radius 1 is 1.19 bits per heavy atom. The summed E-state index contributed by atoms with van der Waals surface area (Å²) >= 11 is 1.63. The molecule has 0 aliphatic heterocycles. The Hall–Kier alpha value is -2.34. The molecular weight excluding hydrogens is 288 g/mol. The molecule has 1 aromatic heterocycles. The van der Waals surface area contributed by atoms with Crippen molar-refractivity contribution in [1.29, 1.82) is 0 Å². The van der Waals surface area contributed by atoms with Crippen LogP contribution < -0.4 is 10.6 Å². The third-order valence-electron chi connectivity index (χ3n) is 2.95. The quantitative estimate of drug-likeness (QED) is 0.810. The van der Waals surface area contributed by atoms with Gasteiger partial charge >= 0.3 is 12.0 Å². The highest BCUT2D eigenvalue weighted by atomic mass is 32.1. The molecule has 2 amide bonds. The fourth-order valence-corrected chi connectivity index (χ4v) is 2.63. The van der Waals surface area contributed by atoms with E-state index < -0.39 is 5.97 Å². The number of rotatable bonds is 4. The van der Waals surface area contributed by atoms with Crippen molar-refractivity contribution in [3.05, 3.63) is 51.2 Å². The van der Waals surface area contributed by atoms with Gasteiger partial charge in [-0.2, -0.15) is 0 Å². The van der Waals surface area contributed by atoms with E-state index in [9.17, 15) is 9.59 Å². The Balaban J connectivity index is 1.99. The summed E-state index contributed by atoms with van der Waals surface area (Å²) in [4.78, 5) is 25.1. The molecule has 0 bridgehead atoms. The van der Waals surface area contributed by atoms with Gasteiger partial charge in [-0.25, -0.2) is 9.59 Å². The van der Waals surface area contributed by atoms with Crippen LogP contribution in [-0.2, 0) is 6.54 Å². The lowest BCUT2D eigenvalue weighted by molar-refractivity contribution is 0.0697. The topological polar surface area (TPSA) is 78.4 Å². The number of carboxylic acids is 1. The second-order valence-electron chi connectivity index (χ2n) is 4.65. The average Bonchev–Trinajstić information content (AvgIpc) is 2.84. The molecule has 0 fully saturated rings. The zero-order valence-electron chi connectivity index (χ0n) is 11.8. The first-order chi connectivity index (χ1) is 9.95. The van der Waals surface area contributed by atoms with Gasteiger partial charge in [0.05, 0.1) is 12.1 Å². The first kappa shape index (κ1) is 15.1.